The molecule has 4 atom stereocenters. The summed E-state index contributed by atoms with van der Waals surface area (Å²) in [5.41, 5.74) is 0.874. The lowest BCUT2D eigenvalue weighted by atomic mass is 10.0. The minimum atomic E-state index is -4.12. The topological polar surface area (TPSA) is 129 Å². The Morgan fingerprint density at radius 2 is 1.81 bits per heavy atom. The van der Waals surface area contributed by atoms with Crippen molar-refractivity contribution >= 4 is 16.1 Å². The van der Waals surface area contributed by atoms with Gasteiger partial charge in [-0.25, -0.2) is 4.79 Å². The summed E-state index contributed by atoms with van der Waals surface area (Å²) in [5, 5.41) is 20.5. The standard InChI is InChI=1S/C17H24O9S/c1-10-5-7-11(8-6-10)27(21,22)24-9-12(18)13(19)14-15(16(20)23-4)26-17(2,3)25-14/h5-8,12-15,18-19H,9H2,1-4H3/t12-,13+,14-,15-/m0/s1. The number of hydrogen-bond acceptors (Lipinski definition) is 9. The van der Waals surface area contributed by atoms with Crippen molar-refractivity contribution in [2.45, 2.75) is 55.9 Å². The summed E-state index contributed by atoms with van der Waals surface area (Å²) in [7, 11) is -2.97. The molecule has 1 saturated heterocycles. The molecule has 9 nitrogen and oxygen atoms in total. The van der Waals surface area contributed by atoms with Gasteiger partial charge >= 0.3 is 5.97 Å². The molecule has 0 unspecified atom stereocenters. The highest BCUT2D eigenvalue weighted by Crippen LogP contribution is 2.31. The Morgan fingerprint density at radius 1 is 1.22 bits per heavy atom. The van der Waals surface area contributed by atoms with Gasteiger partial charge in [0.2, 0.25) is 0 Å². The van der Waals surface area contributed by atoms with Crippen molar-refractivity contribution in [3.8, 4) is 0 Å². The van der Waals surface area contributed by atoms with Crippen LogP contribution in [0.25, 0.3) is 0 Å². The number of benzene rings is 1. The maximum absolute atomic E-state index is 12.2. The Bertz CT molecular complexity index is 757. The molecular weight excluding hydrogens is 380 g/mol. The summed E-state index contributed by atoms with van der Waals surface area (Å²) in [6.45, 7) is 4.13. The van der Waals surface area contributed by atoms with Crippen molar-refractivity contribution in [3.05, 3.63) is 29.8 Å². The lowest BCUT2D eigenvalue weighted by Gasteiger charge is -2.25. The van der Waals surface area contributed by atoms with Crippen LogP contribution in [0.1, 0.15) is 19.4 Å². The Labute approximate surface area is 157 Å². The van der Waals surface area contributed by atoms with E-state index in [1.54, 1.807) is 19.1 Å². The zero-order valence-electron chi connectivity index (χ0n) is 15.5. The number of ether oxygens (including phenoxy) is 3. The fourth-order valence-electron chi connectivity index (χ4n) is 2.59. The van der Waals surface area contributed by atoms with E-state index in [0.29, 0.717) is 0 Å². The van der Waals surface area contributed by atoms with Gasteiger partial charge in [-0.05, 0) is 32.9 Å². The summed E-state index contributed by atoms with van der Waals surface area (Å²) in [4.78, 5) is 11.7. The zero-order valence-corrected chi connectivity index (χ0v) is 16.3. The number of aryl methyl sites for hydroxylation is 1. The van der Waals surface area contributed by atoms with Crippen LogP contribution in [0.4, 0.5) is 0 Å². The number of aliphatic hydroxyl groups is 2. The second kappa shape index (κ2) is 8.21. The van der Waals surface area contributed by atoms with Crippen molar-refractivity contribution in [3.63, 3.8) is 0 Å². The van der Waals surface area contributed by atoms with Gasteiger partial charge in [0, 0.05) is 0 Å². The van der Waals surface area contributed by atoms with Gasteiger partial charge in [-0.3, -0.25) is 4.18 Å². The summed E-state index contributed by atoms with van der Waals surface area (Å²) in [6.07, 6.45) is -5.83. The van der Waals surface area contributed by atoms with Gasteiger partial charge in [0.25, 0.3) is 10.1 Å². The monoisotopic (exact) mass is 404 g/mol. The molecule has 0 amide bonds. The number of aliphatic hydroxyl groups excluding tert-OH is 2. The fourth-order valence-corrected chi connectivity index (χ4v) is 3.51. The van der Waals surface area contributed by atoms with Crippen LogP contribution in [-0.4, -0.2) is 68.5 Å². The van der Waals surface area contributed by atoms with Crippen LogP contribution >= 0.6 is 0 Å². The molecule has 2 N–H and O–H groups in total. The second-order valence-electron chi connectivity index (χ2n) is 6.65. The average molecular weight is 404 g/mol. The van der Waals surface area contributed by atoms with Crippen LogP contribution in [0, 0.1) is 6.92 Å². The van der Waals surface area contributed by atoms with E-state index in [2.05, 4.69) is 4.74 Å². The first-order valence-electron chi connectivity index (χ1n) is 8.22. The third kappa shape index (κ3) is 5.24. The average Bonchev–Trinajstić information content (AvgIpc) is 2.94. The van der Waals surface area contributed by atoms with Crippen LogP contribution in [0.15, 0.2) is 29.2 Å². The van der Waals surface area contributed by atoms with E-state index < -0.39 is 52.9 Å². The molecule has 1 aromatic carbocycles. The van der Waals surface area contributed by atoms with E-state index in [1.807, 2.05) is 0 Å². The van der Waals surface area contributed by atoms with Crippen molar-refractivity contribution in [2.75, 3.05) is 13.7 Å². The lowest BCUT2D eigenvalue weighted by Crippen LogP contribution is -2.48. The highest BCUT2D eigenvalue weighted by Gasteiger charge is 2.50. The molecule has 2 rings (SSSR count). The third-order valence-electron chi connectivity index (χ3n) is 4.00. The van der Waals surface area contributed by atoms with Crippen LogP contribution in [-0.2, 0) is 33.3 Å². The van der Waals surface area contributed by atoms with Gasteiger partial charge in [-0.1, -0.05) is 17.7 Å². The van der Waals surface area contributed by atoms with Crippen molar-refractivity contribution < 1.29 is 41.8 Å². The molecule has 0 radical (unpaired) electrons. The maximum atomic E-state index is 12.2. The lowest BCUT2D eigenvalue weighted by molar-refractivity contribution is -0.171. The number of carbonyl (C=O) groups excluding carboxylic acids is 1. The minimum Gasteiger partial charge on any atom is -0.467 e. The van der Waals surface area contributed by atoms with E-state index in [4.69, 9.17) is 13.7 Å². The van der Waals surface area contributed by atoms with Crippen molar-refractivity contribution in [1.29, 1.82) is 0 Å². The minimum absolute atomic E-state index is 0.0798. The van der Waals surface area contributed by atoms with E-state index >= 15 is 0 Å². The van der Waals surface area contributed by atoms with Crippen LogP contribution in [0.2, 0.25) is 0 Å². The quantitative estimate of drug-likeness (QED) is 0.481. The Kier molecular flexibility index (Phi) is 6.61. The third-order valence-corrected chi connectivity index (χ3v) is 5.29. The van der Waals surface area contributed by atoms with Crippen LogP contribution in [0.3, 0.4) is 0 Å². The molecule has 0 aliphatic carbocycles. The molecule has 1 fully saturated rings. The molecule has 152 valence electrons. The van der Waals surface area contributed by atoms with Crippen LogP contribution in [0.5, 0.6) is 0 Å². The first kappa shape index (κ1) is 21.7. The molecule has 0 spiro atoms. The largest absolute Gasteiger partial charge is 0.467 e. The second-order valence-corrected chi connectivity index (χ2v) is 8.27. The number of methoxy groups -OCH3 is 1. The Hall–Kier alpha value is -1.56. The number of rotatable bonds is 7. The molecule has 10 heteroatoms. The van der Waals surface area contributed by atoms with Gasteiger partial charge in [-0.15, -0.1) is 0 Å². The first-order valence-corrected chi connectivity index (χ1v) is 9.63. The normalized spacial score (nSPS) is 24.4. The molecule has 27 heavy (non-hydrogen) atoms. The summed E-state index contributed by atoms with van der Waals surface area (Å²) >= 11 is 0. The Morgan fingerprint density at radius 3 is 2.37 bits per heavy atom. The fraction of sp³-hybridized carbons (Fsp3) is 0.588. The maximum Gasteiger partial charge on any atom is 0.337 e. The Balaban J connectivity index is 2.05. The van der Waals surface area contributed by atoms with Gasteiger partial charge in [-0.2, -0.15) is 8.42 Å². The van der Waals surface area contributed by atoms with Crippen molar-refractivity contribution in [2.24, 2.45) is 0 Å². The van der Waals surface area contributed by atoms with Gasteiger partial charge in [0.05, 0.1) is 18.6 Å². The molecule has 1 aliphatic heterocycles. The van der Waals surface area contributed by atoms with Gasteiger partial charge in [0.1, 0.15) is 18.3 Å². The summed E-state index contributed by atoms with van der Waals surface area (Å²) < 4.78 is 44.6. The molecule has 0 aromatic heterocycles. The number of hydrogen-bond donors (Lipinski definition) is 2. The molecule has 1 aliphatic rings. The zero-order chi connectivity index (χ0) is 20.4. The van der Waals surface area contributed by atoms with E-state index in [0.717, 1.165) is 12.7 Å². The smallest absolute Gasteiger partial charge is 0.337 e. The first-order chi connectivity index (χ1) is 12.5. The number of carbonyl (C=O) groups is 1. The van der Waals surface area contributed by atoms with Crippen molar-refractivity contribution in [1.82, 2.24) is 0 Å². The number of esters is 1. The highest BCUT2D eigenvalue weighted by molar-refractivity contribution is 7.86. The SMILES string of the molecule is COC(=O)[C@H]1OC(C)(C)O[C@H]1[C@H](O)[C@@H](O)COS(=O)(=O)c1ccc(C)cc1. The molecule has 0 bridgehead atoms. The summed E-state index contributed by atoms with van der Waals surface area (Å²) in [6, 6.07) is 5.96. The summed E-state index contributed by atoms with van der Waals surface area (Å²) in [5.74, 6) is -1.98. The predicted octanol–water partition coefficient (Wildman–Crippen LogP) is 0.115. The predicted molar refractivity (Wildman–Crippen MR) is 92.2 cm³/mol. The molecule has 1 heterocycles. The van der Waals surface area contributed by atoms with E-state index in [-0.39, 0.29) is 4.90 Å². The molecule has 0 saturated carbocycles. The van der Waals surface area contributed by atoms with Gasteiger partial charge in [0.15, 0.2) is 11.9 Å². The molecule has 1 aromatic rings. The van der Waals surface area contributed by atoms with E-state index in [9.17, 15) is 23.4 Å². The molecular formula is C17H24O9S. The van der Waals surface area contributed by atoms with E-state index in [1.165, 1.54) is 26.0 Å². The highest BCUT2D eigenvalue weighted by atomic mass is 32.2. The van der Waals surface area contributed by atoms with Gasteiger partial charge < -0.3 is 24.4 Å². The van der Waals surface area contributed by atoms with Crippen LogP contribution < -0.4 is 0 Å².